The zero-order valence-electron chi connectivity index (χ0n) is 16.8. The molecule has 2 rings (SSSR count). The van der Waals surface area contributed by atoms with Crippen molar-refractivity contribution in [1.29, 1.82) is 0 Å². The summed E-state index contributed by atoms with van der Waals surface area (Å²) in [5, 5.41) is 14.0. The Morgan fingerprint density at radius 3 is 2.55 bits per heavy atom. The third-order valence-electron chi connectivity index (χ3n) is 4.26. The summed E-state index contributed by atoms with van der Waals surface area (Å²) in [6.07, 6.45) is 0.661. The van der Waals surface area contributed by atoms with E-state index in [1.54, 1.807) is 19.1 Å². The molecule has 154 valence electrons. The number of para-hydroxylation sites is 1. The monoisotopic (exact) mass is 399 g/mol. The molecule has 0 atom stereocenters. The van der Waals surface area contributed by atoms with Crippen molar-refractivity contribution in [2.24, 2.45) is 0 Å². The van der Waals surface area contributed by atoms with Gasteiger partial charge in [-0.1, -0.05) is 31.2 Å². The van der Waals surface area contributed by atoms with E-state index in [9.17, 15) is 19.7 Å². The summed E-state index contributed by atoms with van der Waals surface area (Å²) >= 11 is 0. The number of nitro benzene ring substituents is 1. The maximum atomic E-state index is 12.6. The van der Waals surface area contributed by atoms with Crippen molar-refractivity contribution in [3.63, 3.8) is 0 Å². The number of carbonyl (C=O) groups is 2. The van der Waals surface area contributed by atoms with Crippen molar-refractivity contribution >= 4 is 23.2 Å². The maximum absolute atomic E-state index is 12.6. The van der Waals surface area contributed by atoms with Crippen LogP contribution in [0.3, 0.4) is 0 Å². The van der Waals surface area contributed by atoms with Crippen molar-refractivity contribution in [3.05, 3.63) is 63.7 Å². The molecule has 0 spiro atoms. The van der Waals surface area contributed by atoms with Gasteiger partial charge in [-0.05, 0) is 43.5 Å². The molecule has 29 heavy (non-hydrogen) atoms. The van der Waals surface area contributed by atoms with Crippen molar-refractivity contribution < 1.29 is 19.2 Å². The lowest BCUT2D eigenvalue weighted by Crippen LogP contribution is -2.41. The van der Waals surface area contributed by atoms with Gasteiger partial charge in [-0.25, -0.2) is 0 Å². The van der Waals surface area contributed by atoms with Crippen molar-refractivity contribution in [2.75, 3.05) is 25.0 Å². The van der Waals surface area contributed by atoms with Crippen molar-refractivity contribution in [2.45, 2.75) is 27.2 Å². The Hall–Kier alpha value is -3.42. The van der Waals surface area contributed by atoms with Gasteiger partial charge in [0.15, 0.2) is 12.4 Å². The number of rotatable bonds is 9. The second-order valence-corrected chi connectivity index (χ2v) is 6.70. The molecule has 8 heteroatoms. The number of hydrogen-bond acceptors (Lipinski definition) is 5. The van der Waals surface area contributed by atoms with Crippen LogP contribution in [0.4, 0.5) is 11.4 Å². The van der Waals surface area contributed by atoms with E-state index in [-0.39, 0.29) is 30.5 Å². The van der Waals surface area contributed by atoms with Crippen LogP contribution in [0.1, 0.15) is 24.5 Å². The third-order valence-corrected chi connectivity index (χ3v) is 4.26. The Kier molecular flexibility index (Phi) is 7.70. The standard InChI is InChI=1S/C21H25N3O5/c1-4-11-23(13-20(25)22-17-8-6-5-7-16(17)3)21(26)14-29-19-10-9-15(2)12-18(19)24(27)28/h5-10,12H,4,11,13-14H2,1-3H3,(H,22,25). The van der Waals surface area contributed by atoms with Gasteiger partial charge in [-0.15, -0.1) is 0 Å². The Balaban J connectivity index is 2.01. The molecule has 0 saturated heterocycles. The number of aryl methyl sites for hydroxylation is 2. The lowest BCUT2D eigenvalue weighted by atomic mass is 10.2. The fourth-order valence-electron chi connectivity index (χ4n) is 2.76. The minimum absolute atomic E-state index is 0.0229. The van der Waals surface area contributed by atoms with Crippen LogP contribution in [0.15, 0.2) is 42.5 Å². The first-order chi connectivity index (χ1) is 13.8. The Labute approximate surface area is 169 Å². The van der Waals surface area contributed by atoms with Crippen molar-refractivity contribution in [1.82, 2.24) is 4.90 Å². The molecule has 2 aromatic rings. The predicted molar refractivity (Wildman–Crippen MR) is 110 cm³/mol. The minimum Gasteiger partial charge on any atom is -0.477 e. The zero-order valence-corrected chi connectivity index (χ0v) is 16.8. The molecule has 0 aliphatic carbocycles. The number of carbonyl (C=O) groups excluding carboxylic acids is 2. The molecule has 0 radical (unpaired) electrons. The zero-order chi connectivity index (χ0) is 21.4. The number of nitrogens with one attached hydrogen (secondary N) is 1. The Morgan fingerprint density at radius 2 is 1.90 bits per heavy atom. The second-order valence-electron chi connectivity index (χ2n) is 6.70. The molecule has 8 nitrogen and oxygen atoms in total. The van der Waals surface area contributed by atoms with Gasteiger partial charge in [0.1, 0.15) is 0 Å². The quantitative estimate of drug-likeness (QED) is 0.514. The van der Waals surface area contributed by atoms with E-state index >= 15 is 0 Å². The summed E-state index contributed by atoms with van der Waals surface area (Å²) in [6.45, 7) is 5.37. The van der Waals surface area contributed by atoms with Gasteiger partial charge >= 0.3 is 5.69 Å². The van der Waals surface area contributed by atoms with Gasteiger partial charge in [0.05, 0.1) is 11.5 Å². The maximum Gasteiger partial charge on any atom is 0.311 e. The summed E-state index contributed by atoms with van der Waals surface area (Å²) in [5.74, 6) is -0.709. The van der Waals surface area contributed by atoms with Crippen LogP contribution < -0.4 is 10.1 Å². The van der Waals surface area contributed by atoms with E-state index in [2.05, 4.69) is 5.32 Å². The highest BCUT2D eigenvalue weighted by atomic mass is 16.6. The largest absolute Gasteiger partial charge is 0.477 e. The number of ether oxygens (including phenoxy) is 1. The molecule has 1 N–H and O–H groups in total. The first kappa shape index (κ1) is 21.9. The highest BCUT2D eigenvalue weighted by molar-refractivity contribution is 5.95. The third kappa shape index (κ3) is 6.31. The van der Waals surface area contributed by atoms with Crippen LogP contribution in [0.5, 0.6) is 5.75 Å². The molecular weight excluding hydrogens is 374 g/mol. The Morgan fingerprint density at radius 1 is 1.17 bits per heavy atom. The number of nitro groups is 1. The lowest BCUT2D eigenvalue weighted by molar-refractivity contribution is -0.385. The topological polar surface area (TPSA) is 102 Å². The van der Waals surface area contributed by atoms with E-state index in [4.69, 9.17) is 4.74 Å². The molecule has 2 amide bonds. The molecule has 0 aromatic heterocycles. The normalized spacial score (nSPS) is 10.3. The first-order valence-corrected chi connectivity index (χ1v) is 9.33. The van der Waals surface area contributed by atoms with Crippen LogP contribution in [0, 0.1) is 24.0 Å². The van der Waals surface area contributed by atoms with E-state index in [1.165, 1.54) is 17.0 Å². The lowest BCUT2D eigenvalue weighted by Gasteiger charge is -2.22. The average Bonchev–Trinajstić information content (AvgIpc) is 2.68. The van der Waals surface area contributed by atoms with Gasteiger partial charge in [-0.2, -0.15) is 0 Å². The molecule has 0 aliphatic heterocycles. The molecule has 0 unspecified atom stereocenters. The molecule has 0 bridgehead atoms. The summed E-state index contributed by atoms with van der Waals surface area (Å²) in [7, 11) is 0. The van der Waals surface area contributed by atoms with Crippen LogP contribution >= 0.6 is 0 Å². The van der Waals surface area contributed by atoms with E-state index in [1.807, 2.05) is 32.0 Å². The average molecular weight is 399 g/mol. The summed E-state index contributed by atoms with van der Waals surface area (Å²) in [5.41, 5.74) is 2.13. The SMILES string of the molecule is CCCN(CC(=O)Nc1ccccc1C)C(=O)COc1ccc(C)cc1[N+](=O)[O-]. The number of anilines is 1. The molecule has 0 fully saturated rings. The highest BCUT2D eigenvalue weighted by Crippen LogP contribution is 2.27. The van der Waals surface area contributed by atoms with Crippen LogP contribution in [-0.2, 0) is 9.59 Å². The van der Waals surface area contributed by atoms with Gasteiger partial charge in [-0.3, -0.25) is 19.7 Å². The van der Waals surface area contributed by atoms with Crippen LogP contribution in [0.25, 0.3) is 0 Å². The van der Waals surface area contributed by atoms with Crippen LogP contribution in [0.2, 0.25) is 0 Å². The summed E-state index contributed by atoms with van der Waals surface area (Å²) in [6, 6.07) is 11.9. The highest BCUT2D eigenvalue weighted by Gasteiger charge is 2.20. The molecule has 0 aliphatic rings. The molecule has 0 saturated carbocycles. The first-order valence-electron chi connectivity index (χ1n) is 9.33. The molecule has 0 heterocycles. The molecule has 2 aromatic carbocycles. The fourth-order valence-corrected chi connectivity index (χ4v) is 2.76. The fraction of sp³-hybridized carbons (Fsp3) is 0.333. The van der Waals surface area contributed by atoms with Gasteiger partial charge in [0.2, 0.25) is 5.91 Å². The van der Waals surface area contributed by atoms with Crippen LogP contribution in [-0.4, -0.2) is 41.3 Å². The predicted octanol–water partition coefficient (Wildman–Crippen LogP) is 3.47. The summed E-state index contributed by atoms with van der Waals surface area (Å²) in [4.78, 5) is 36.9. The van der Waals surface area contributed by atoms with E-state index < -0.39 is 10.8 Å². The second kappa shape index (κ2) is 10.2. The van der Waals surface area contributed by atoms with Gasteiger partial charge in [0, 0.05) is 18.3 Å². The van der Waals surface area contributed by atoms with E-state index in [0.717, 1.165) is 11.1 Å². The molecular formula is C21H25N3O5. The number of nitrogens with zero attached hydrogens (tertiary/aromatic N) is 2. The van der Waals surface area contributed by atoms with E-state index in [0.29, 0.717) is 18.7 Å². The minimum atomic E-state index is -0.549. The smallest absolute Gasteiger partial charge is 0.311 e. The number of benzene rings is 2. The number of amides is 2. The van der Waals surface area contributed by atoms with Gasteiger partial charge in [0.25, 0.3) is 5.91 Å². The van der Waals surface area contributed by atoms with Gasteiger partial charge < -0.3 is 15.0 Å². The summed E-state index contributed by atoms with van der Waals surface area (Å²) < 4.78 is 5.40. The van der Waals surface area contributed by atoms with Crippen molar-refractivity contribution in [3.8, 4) is 5.75 Å². The number of hydrogen-bond donors (Lipinski definition) is 1. The Bertz CT molecular complexity index is 898.